The molecule has 128 valence electrons. The average molecular weight is 353 g/mol. The number of aromatic nitrogens is 2. The van der Waals surface area contributed by atoms with Crippen molar-refractivity contribution in [3.63, 3.8) is 0 Å². The number of aromatic amines is 1. The number of hydrogen-bond acceptors (Lipinski definition) is 6. The van der Waals surface area contributed by atoms with Crippen LogP contribution in [0.4, 0.5) is 4.79 Å². The summed E-state index contributed by atoms with van der Waals surface area (Å²) < 4.78 is 5.28. The highest BCUT2D eigenvalue weighted by atomic mass is 32.1. The maximum absolute atomic E-state index is 11.9. The first kappa shape index (κ1) is 17.5. The fourth-order valence-corrected chi connectivity index (χ4v) is 2.60. The fraction of sp³-hybridized carbons (Fsp3) is 0.286. The molecule has 1 aliphatic rings. The van der Waals surface area contributed by atoms with E-state index in [1.165, 1.54) is 0 Å². The van der Waals surface area contributed by atoms with Crippen LogP contribution in [0.15, 0.2) is 23.8 Å². The van der Waals surface area contributed by atoms with Gasteiger partial charge in [-0.2, -0.15) is 0 Å². The molecule has 0 aromatic carbocycles. The third-order valence-corrected chi connectivity index (χ3v) is 3.99. The van der Waals surface area contributed by atoms with Crippen LogP contribution in [0.3, 0.4) is 0 Å². The van der Waals surface area contributed by atoms with E-state index in [2.05, 4.69) is 9.97 Å². The number of carboxylic acids is 2. The van der Waals surface area contributed by atoms with Crippen LogP contribution in [0.5, 0.6) is 0 Å². The summed E-state index contributed by atoms with van der Waals surface area (Å²) in [4.78, 5) is 40.1. The Morgan fingerprint density at radius 3 is 2.71 bits per heavy atom. The zero-order chi connectivity index (χ0) is 17.5. The predicted molar refractivity (Wildman–Crippen MR) is 82.5 cm³/mol. The summed E-state index contributed by atoms with van der Waals surface area (Å²) in [6, 6.07) is 3.91. The second kappa shape index (κ2) is 8.11. The molecule has 2 aromatic rings. The van der Waals surface area contributed by atoms with Crippen LogP contribution in [-0.2, 0) is 33.9 Å². The molecule has 1 amide bonds. The van der Waals surface area contributed by atoms with Crippen LogP contribution < -0.4 is 0 Å². The van der Waals surface area contributed by atoms with E-state index < -0.39 is 11.9 Å². The lowest BCUT2D eigenvalue weighted by Crippen LogP contribution is -2.36. The minimum absolute atomic E-state index is 0.267. The number of nitrogens with one attached hydrogen (secondary N) is 1. The highest BCUT2D eigenvalue weighted by molar-refractivity contribution is 7.09. The van der Waals surface area contributed by atoms with E-state index in [9.17, 15) is 4.79 Å². The van der Waals surface area contributed by atoms with Crippen LogP contribution in [0, 0.1) is 0 Å². The van der Waals surface area contributed by atoms with Crippen molar-refractivity contribution in [3.8, 4) is 0 Å². The third-order valence-electron chi connectivity index (χ3n) is 3.14. The number of hydrogen-bond donors (Lipinski definition) is 3. The molecule has 3 heterocycles. The van der Waals surface area contributed by atoms with Gasteiger partial charge in [-0.25, -0.2) is 19.4 Å². The predicted octanol–water partition coefficient (Wildman–Crippen LogP) is 1.32. The highest BCUT2D eigenvalue weighted by Crippen LogP contribution is 2.16. The normalized spacial score (nSPS) is 12.6. The Balaban J connectivity index is 0.000000301. The molecule has 10 heteroatoms. The lowest BCUT2D eigenvalue weighted by molar-refractivity contribution is -0.159. The van der Waals surface area contributed by atoms with Crippen LogP contribution in [0.2, 0.25) is 0 Å². The Kier molecular flexibility index (Phi) is 5.90. The minimum Gasteiger partial charge on any atom is -0.473 e. The quantitative estimate of drug-likeness (QED) is 0.693. The second-order valence-corrected chi connectivity index (χ2v) is 5.78. The largest absolute Gasteiger partial charge is 0.473 e. The van der Waals surface area contributed by atoms with E-state index in [-0.39, 0.29) is 6.09 Å². The molecule has 0 bridgehead atoms. The molecule has 2 aromatic heterocycles. The van der Waals surface area contributed by atoms with Crippen molar-refractivity contribution in [1.82, 2.24) is 14.9 Å². The smallest absolute Gasteiger partial charge is 0.414 e. The molecule has 9 nitrogen and oxygen atoms in total. The fourth-order valence-electron chi connectivity index (χ4n) is 1.98. The highest BCUT2D eigenvalue weighted by Gasteiger charge is 2.23. The Morgan fingerprint density at radius 1 is 1.33 bits per heavy atom. The molecule has 0 saturated carbocycles. The van der Waals surface area contributed by atoms with Gasteiger partial charge in [-0.1, -0.05) is 6.07 Å². The van der Waals surface area contributed by atoms with Gasteiger partial charge in [0.15, 0.2) is 0 Å². The lowest BCUT2D eigenvalue weighted by atomic mass is 10.1. The van der Waals surface area contributed by atoms with Crippen LogP contribution in [0.25, 0.3) is 0 Å². The molecular formula is C14H15N3O6S. The van der Waals surface area contributed by atoms with Gasteiger partial charge in [-0.3, -0.25) is 0 Å². The number of carbonyl (C=O) groups excluding carboxylic acids is 1. The number of carbonyl (C=O) groups is 3. The molecule has 24 heavy (non-hydrogen) atoms. The van der Waals surface area contributed by atoms with Crippen LogP contribution >= 0.6 is 11.3 Å². The first-order valence-corrected chi connectivity index (χ1v) is 7.76. The van der Waals surface area contributed by atoms with Gasteiger partial charge in [0.25, 0.3) is 0 Å². The molecule has 0 fully saturated rings. The van der Waals surface area contributed by atoms with E-state index in [1.54, 1.807) is 22.6 Å². The van der Waals surface area contributed by atoms with Crippen molar-refractivity contribution in [2.75, 3.05) is 6.54 Å². The molecule has 0 atom stereocenters. The van der Waals surface area contributed by atoms with Crippen LogP contribution in [0.1, 0.15) is 16.3 Å². The zero-order valence-electron chi connectivity index (χ0n) is 12.5. The van der Waals surface area contributed by atoms with E-state index in [0.29, 0.717) is 19.7 Å². The molecule has 0 aliphatic carbocycles. The number of H-pyrrole nitrogens is 1. The number of amides is 1. The van der Waals surface area contributed by atoms with Crippen molar-refractivity contribution in [3.05, 3.63) is 40.1 Å². The van der Waals surface area contributed by atoms with Gasteiger partial charge in [0.1, 0.15) is 6.61 Å². The van der Waals surface area contributed by atoms with Gasteiger partial charge in [-0.05, 0) is 11.4 Å². The number of carboxylic acid groups (broad SMARTS) is 2. The molecule has 0 radical (unpaired) electrons. The number of fused-ring (bicyclic) bond motifs is 1. The summed E-state index contributed by atoms with van der Waals surface area (Å²) in [5.41, 5.74) is 2.06. The molecule has 0 spiro atoms. The molecule has 3 rings (SSSR count). The standard InChI is InChI=1S/C12H13N3O2S.C2H2O4/c16-12(17-7-9-2-1-5-18-9)15-4-3-10-11(6-15)14-8-13-10;3-1(4)2(5)6/h1-2,5,8H,3-4,6-7H2,(H,13,14);(H,3,4)(H,5,6). The van der Waals surface area contributed by atoms with Gasteiger partial charge in [0.2, 0.25) is 0 Å². The van der Waals surface area contributed by atoms with E-state index in [1.807, 2.05) is 17.5 Å². The topological polar surface area (TPSA) is 133 Å². The Bertz CT molecular complexity index is 700. The van der Waals surface area contributed by atoms with Crippen molar-refractivity contribution >= 4 is 29.4 Å². The monoisotopic (exact) mass is 353 g/mol. The first-order valence-electron chi connectivity index (χ1n) is 6.88. The van der Waals surface area contributed by atoms with Gasteiger partial charge >= 0.3 is 18.0 Å². The Morgan fingerprint density at radius 2 is 2.08 bits per heavy atom. The Labute approximate surface area is 140 Å². The molecule has 3 N–H and O–H groups in total. The second-order valence-electron chi connectivity index (χ2n) is 4.74. The van der Waals surface area contributed by atoms with Crippen molar-refractivity contribution in [1.29, 1.82) is 0 Å². The van der Waals surface area contributed by atoms with Crippen molar-refractivity contribution < 1.29 is 29.3 Å². The first-order chi connectivity index (χ1) is 11.5. The van der Waals surface area contributed by atoms with E-state index in [0.717, 1.165) is 22.7 Å². The van der Waals surface area contributed by atoms with Crippen LogP contribution in [-0.4, -0.2) is 49.7 Å². The maximum atomic E-state index is 11.9. The van der Waals surface area contributed by atoms with Gasteiger partial charge in [-0.15, -0.1) is 11.3 Å². The summed E-state index contributed by atoms with van der Waals surface area (Å²) in [5.74, 6) is -3.65. The lowest BCUT2D eigenvalue weighted by Gasteiger charge is -2.25. The van der Waals surface area contributed by atoms with E-state index in [4.69, 9.17) is 24.5 Å². The number of ether oxygens (including phenoxy) is 1. The molecular weight excluding hydrogens is 338 g/mol. The number of thiophene rings is 1. The SMILES string of the molecule is O=C(O)C(=O)O.O=C(OCc1cccs1)N1CCc2[nH]cnc2C1. The van der Waals surface area contributed by atoms with Crippen molar-refractivity contribution in [2.45, 2.75) is 19.6 Å². The third kappa shape index (κ3) is 4.81. The van der Waals surface area contributed by atoms with Gasteiger partial charge in [0.05, 0.1) is 18.6 Å². The Hall–Kier alpha value is -2.88. The summed E-state index contributed by atoms with van der Waals surface area (Å²) in [7, 11) is 0. The molecule has 0 saturated heterocycles. The number of nitrogens with zero attached hydrogens (tertiary/aromatic N) is 2. The maximum Gasteiger partial charge on any atom is 0.414 e. The number of imidazole rings is 1. The zero-order valence-corrected chi connectivity index (χ0v) is 13.3. The summed E-state index contributed by atoms with van der Waals surface area (Å²) in [6.45, 7) is 1.56. The van der Waals surface area contributed by atoms with E-state index >= 15 is 0 Å². The molecule has 1 aliphatic heterocycles. The molecule has 0 unspecified atom stereocenters. The average Bonchev–Trinajstić information content (AvgIpc) is 3.23. The minimum atomic E-state index is -1.82. The summed E-state index contributed by atoms with van der Waals surface area (Å²) >= 11 is 1.59. The summed E-state index contributed by atoms with van der Waals surface area (Å²) in [6.07, 6.45) is 2.21. The number of rotatable bonds is 2. The van der Waals surface area contributed by atoms with Crippen molar-refractivity contribution in [2.24, 2.45) is 0 Å². The summed E-state index contributed by atoms with van der Waals surface area (Å²) in [5, 5.41) is 16.8. The van der Waals surface area contributed by atoms with Gasteiger partial charge in [0, 0.05) is 23.5 Å². The van der Waals surface area contributed by atoms with Gasteiger partial charge < -0.3 is 24.8 Å². The number of aliphatic carboxylic acids is 2.